The molecule has 164 valence electrons. The zero-order valence-electron chi connectivity index (χ0n) is 18.4. The summed E-state index contributed by atoms with van der Waals surface area (Å²) in [5, 5.41) is 11.5. The van der Waals surface area contributed by atoms with Crippen LogP contribution in [-0.2, 0) is 18.7 Å². The Bertz CT molecular complexity index is 886. The molecule has 2 aromatic rings. The van der Waals surface area contributed by atoms with E-state index in [1.54, 1.807) is 14.2 Å². The van der Waals surface area contributed by atoms with Gasteiger partial charge in [0, 0.05) is 31.7 Å². The third-order valence-corrected chi connectivity index (χ3v) is 5.74. The van der Waals surface area contributed by atoms with Gasteiger partial charge in [0.05, 0.1) is 24.8 Å². The molecule has 1 N–H and O–H groups in total. The fourth-order valence-electron chi connectivity index (χ4n) is 3.92. The highest BCUT2D eigenvalue weighted by Crippen LogP contribution is 2.38. The zero-order chi connectivity index (χ0) is 21.9. The summed E-state index contributed by atoms with van der Waals surface area (Å²) in [5.74, 6) is 2.02. The lowest BCUT2D eigenvalue weighted by Crippen LogP contribution is -2.34. The summed E-state index contributed by atoms with van der Waals surface area (Å²) in [6.45, 7) is 5.09. The lowest BCUT2D eigenvalue weighted by atomic mass is 9.93. The maximum absolute atomic E-state index is 10.9. The van der Waals surface area contributed by atoms with Gasteiger partial charge in [-0.05, 0) is 50.3 Å². The van der Waals surface area contributed by atoms with Crippen LogP contribution in [0.5, 0.6) is 17.2 Å². The van der Waals surface area contributed by atoms with Gasteiger partial charge in [-0.1, -0.05) is 23.7 Å². The first kappa shape index (κ1) is 22.7. The predicted molar refractivity (Wildman–Crippen MR) is 119 cm³/mol. The lowest BCUT2D eigenvalue weighted by molar-refractivity contribution is 0.0299. The number of likely N-dealkylation sites (N-methyl/N-ethyl adjacent to an activating group) is 1. The Labute approximate surface area is 183 Å². The summed E-state index contributed by atoms with van der Waals surface area (Å²) >= 11 is 6.59. The molecule has 0 saturated carbocycles. The van der Waals surface area contributed by atoms with Gasteiger partial charge in [-0.25, -0.2) is 0 Å². The van der Waals surface area contributed by atoms with E-state index in [0.29, 0.717) is 42.8 Å². The van der Waals surface area contributed by atoms with Crippen LogP contribution in [0.2, 0.25) is 5.02 Å². The van der Waals surface area contributed by atoms with Crippen molar-refractivity contribution in [3.05, 3.63) is 52.0 Å². The van der Waals surface area contributed by atoms with Crippen LogP contribution in [-0.4, -0.2) is 62.9 Å². The van der Waals surface area contributed by atoms with Crippen molar-refractivity contribution < 1.29 is 19.3 Å². The quantitative estimate of drug-likeness (QED) is 0.719. The van der Waals surface area contributed by atoms with Crippen LogP contribution in [0.1, 0.15) is 23.6 Å². The number of ether oxygens (including phenoxy) is 3. The predicted octanol–water partition coefficient (Wildman–Crippen LogP) is 3.52. The number of hydrogen-bond acceptors (Lipinski definition) is 6. The smallest absolute Gasteiger partial charge is 0.179 e. The molecule has 0 aromatic heterocycles. The van der Waals surface area contributed by atoms with Crippen molar-refractivity contribution in [3.8, 4) is 17.2 Å². The fourth-order valence-corrected chi connectivity index (χ4v) is 4.21. The Morgan fingerprint density at radius 3 is 2.63 bits per heavy atom. The maximum Gasteiger partial charge on any atom is 0.179 e. The first-order chi connectivity index (χ1) is 14.2. The second-order valence-electron chi connectivity index (χ2n) is 8.17. The molecule has 2 aromatic carbocycles. The van der Waals surface area contributed by atoms with Crippen LogP contribution < -0.4 is 14.2 Å². The third kappa shape index (κ3) is 5.01. The summed E-state index contributed by atoms with van der Waals surface area (Å²) in [6, 6.07) is 9.80. The standard InChI is InChI=1S/C23H31ClN2O4/c1-23(27,15-25(2)3)18-7-9-19-17(12-18)14-26(10-11-30-19)13-16-6-8-20(28-4)22(29-5)21(16)24/h6-9,12,27H,10-11,13-15H2,1-5H3. The van der Waals surface area contributed by atoms with Crippen LogP contribution in [0.15, 0.2) is 30.3 Å². The Kier molecular flexibility index (Phi) is 7.14. The Hall–Kier alpha value is -1.99. The highest BCUT2D eigenvalue weighted by Gasteiger charge is 2.26. The van der Waals surface area contributed by atoms with Gasteiger partial charge < -0.3 is 24.2 Å². The minimum absolute atomic E-state index is 0.539. The zero-order valence-corrected chi connectivity index (χ0v) is 19.1. The van der Waals surface area contributed by atoms with Gasteiger partial charge in [-0.2, -0.15) is 0 Å². The lowest BCUT2D eigenvalue weighted by Gasteiger charge is -2.28. The number of methoxy groups -OCH3 is 2. The van der Waals surface area contributed by atoms with E-state index < -0.39 is 5.60 Å². The Morgan fingerprint density at radius 2 is 1.97 bits per heavy atom. The van der Waals surface area contributed by atoms with Crippen molar-refractivity contribution >= 4 is 11.6 Å². The van der Waals surface area contributed by atoms with Crippen molar-refractivity contribution in [2.24, 2.45) is 0 Å². The minimum atomic E-state index is -0.942. The van der Waals surface area contributed by atoms with Gasteiger partial charge >= 0.3 is 0 Å². The number of halogens is 1. The van der Waals surface area contributed by atoms with E-state index in [0.717, 1.165) is 29.0 Å². The first-order valence-electron chi connectivity index (χ1n) is 10.00. The monoisotopic (exact) mass is 434 g/mol. The van der Waals surface area contributed by atoms with Gasteiger partial charge in [0.15, 0.2) is 11.5 Å². The number of hydrogen-bond donors (Lipinski definition) is 1. The molecule has 7 heteroatoms. The van der Waals surface area contributed by atoms with Crippen LogP contribution >= 0.6 is 11.6 Å². The van der Waals surface area contributed by atoms with Crippen LogP contribution in [0.3, 0.4) is 0 Å². The SMILES string of the molecule is COc1ccc(CN2CCOc3ccc(C(C)(O)CN(C)C)cc3C2)c(Cl)c1OC. The van der Waals surface area contributed by atoms with Crippen molar-refractivity contribution in [2.45, 2.75) is 25.6 Å². The Morgan fingerprint density at radius 1 is 1.20 bits per heavy atom. The van der Waals surface area contributed by atoms with E-state index in [2.05, 4.69) is 4.90 Å². The number of nitrogens with zero attached hydrogens (tertiary/aromatic N) is 2. The molecule has 0 fully saturated rings. The van der Waals surface area contributed by atoms with Gasteiger partial charge in [0.25, 0.3) is 0 Å². The Balaban J connectivity index is 1.84. The van der Waals surface area contributed by atoms with Crippen molar-refractivity contribution in [3.63, 3.8) is 0 Å². The van der Waals surface area contributed by atoms with E-state index in [1.807, 2.05) is 56.3 Å². The largest absolute Gasteiger partial charge is 0.493 e. The molecule has 6 nitrogen and oxygen atoms in total. The van der Waals surface area contributed by atoms with Gasteiger partial charge in [0.2, 0.25) is 0 Å². The molecule has 0 aliphatic carbocycles. The summed E-state index contributed by atoms with van der Waals surface area (Å²) in [4.78, 5) is 4.26. The van der Waals surface area contributed by atoms with Crippen molar-refractivity contribution in [1.29, 1.82) is 0 Å². The maximum atomic E-state index is 10.9. The molecule has 0 saturated heterocycles. The van der Waals surface area contributed by atoms with Gasteiger partial charge in [0.1, 0.15) is 12.4 Å². The van der Waals surface area contributed by atoms with Gasteiger partial charge in [-0.3, -0.25) is 4.90 Å². The normalized spacial score (nSPS) is 16.4. The first-order valence-corrected chi connectivity index (χ1v) is 10.4. The number of aliphatic hydroxyl groups is 1. The van der Waals surface area contributed by atoms with E-state index in [4.69, 9.17) is 25.8 Å². The highest BCUT2D eigenvalue weighted by molar-refractivity contribution is 6.33. The molecule has 30 heavy (non-hydrogen) atoms. The van der Waals surface area contributed by atoms with E-state index in [9.17, 15) is 5.11 Å². The molecule has 0 bridgehead atoms. The molecule has 0 amide bonds. The molecule has 3 rings (SSSR count). The summed E-state index contributed by atoms with van der Waals surface area (Å²) in [7, 11) is 7.09. The topological polar surface area (TPSA) is 54.4 Å². The highest BCUT2D eigenvalue weighted by atomic mass is 35.5. The van der Waals surface area contributed by atoms with E-state index >= 15 is 0 Å². The average molecular weight is 435 g/mol. The molecule has 1 heterocycles. The molecular formula is C23H31ClN2O4. The molecule has 1 aliphatic heterocycles. The second kappa shape index (κ2) is 9.43. The van der Waals surface area contributed by atoms with Crippen molar-refractivity contribution in [1.82, 2.24) is 9.80 Å². The molecular weight excluding hydrogens is 404 g/mol. The molecule has 1 atom stereocenters. The molecule has 1 aliphatic rings. The van der Waals surface area contributed by atoms with Crippen LogP contribution in [0.25, 0.3) is 0 Å². The van der Waals surface area contributed by atoms with Crippen molar-refractivity contribution in [2.75, 3.05) is 48.0 Å². The number of rotatable bonds is 7. The number of benzene rings is 2. The average Bonchev–Trinajstić information content (AvgIpc) is 2.89. The summed E-state index contributed by atoms with van der Waals surface area (Å²) in [5.41, 5.74) is 1.96. The van der Waals surface area contributed by atoms with E-state index in [1.165, 1.54) is 0 Å². The van der Waals surface area contributed by atoms with Gasteiger partial charge in [-0.15, -0.1) is 0 Å². The van der Waals surface area contributed by atoms with E-state index in [-0.39, 0.29) is 0 Å². The number of fused-ring (bicyclic) bond motifs is 1. The summed E-state index contributed by atoms with van der Waals surface area (Å²) in [6.07, 6.45) is 0. The third-order valence-electron chi connectivity index (χ3n) is 5.32. The minimum Gasteiger partial charge on any atom is -0.493 e. The second-order valence-corrected chi connectivity index (χ2v) is 8.55. The molecule has 0 radical (unpaired) electrons. The fraction of sp³-hybridized carbons (Fsp3) is 0.478. The summed E-state index contributed by atoms with van der Waals surface area (Å²) < 4.78 is 16.7. The molecule has 0 spiro atoms. The van der Waals surface area contributed by atoms with Crippen LogP contribution in [0, 0.1) is 0 Å². The van der Waals surface area contributed by atoms with Crippen LogP contribution in [0.4, 0.5) is 0 Å². The molecule has 1 unspecified atom stereocenters.